The molecule has 2 aromatic heterocycles. The van der Waals surface area contributed by atoms with E-state index in [0.29, 0.717) is 17.7 Å². The number of hydrogen-bond donors (Lipinski definition) is 1. The summed E-state index contributed by atoms with van der Waals surface area (Å²) in [5.74, 6) is 0.0512. The molecule has 2 rings (SSSR count). The molecule has 2 N–H and O–H groups in total. The second-order valence-corrected chi connectivity index (χ2v) is 2.74. The molecule has 0 aromatic carbocycles. The van der Waals surface area contributed by atoms with Gasteiger partial charge in [-0.25, -0.2) is 4.98 Å². The van der Waals surface area contributed by atoms with Crippen LogP contribution in [0.4, 0.5) is 10.2 Å². The van der Waals surface area contributed by atoms with Gasteiger partial charge in [-0.3, -0.25) is 0 Å². The van der Waals surface area contributed by atoms with Crippen LogP contribution in [0.1, 0.15) is 0 Å². The Morgan fingerprint density at radius 3 is 3.07 bits per heavy atom. The van der Waals surface area contributed by atoms with E-state index in [0.717, 1.165) is 0 Å². The molecular weight excluding hydrogens is 185 g/mol. The van der Waals surface area contributed by atoms with Crippen LogP contribution in [0.25, 0.3) is 11.2 Å². The number of nitrogens with two attached hydrogens (primary N) is 1. The molecule has 0 spiro atoms. The van der Waals surface area contributed by atoms with Gasteiger partial charge in [0.1, 0.15) is 5.52 Å². The Bertz CT molecular complexity index is 490. The van der Waals surface area contributed by atoms with Crippen molar-refractivity contribution in [2.24, 2.45) is 0 Å². The summed E-state index contributed by atoms with van der Waals surface area (Å²) in [6, 6.07) is 0. The number of hydrogen-bond acceptors (Lipinski definition) is 4. The van der Waals surface area contributed by atoms with Gasteiger partial charge in [0.05, 0.1) is 6.33 Å². The molecule has 0 unspecified atom stereocenters. The smallest absolute Gasteiger partial charge is 0.312 e. The van der Waals surface area contributed by atoms with E-state index in [-0.39, 0.29) is 5.82 Å². The van der Waals surface area contributed by atoms with Crippen LogP contribution >= 0.6 is 0 Å². The van der Waals surface area contributed by atoms with Crippen molar-refractivity contribution in [3.63, 3.8) is 0 Å². The lowest BCUT2D eigenvalue weighted by Gasteiger charge is -1.98. The minimum absolute atomic E-state index is 0.0512. The number of halogens is 1. The van der Waals surface area contributed by atoms with E-state index in [2.05, 4.69) is 21.5 Å². The third-order valence-electron chi connectivity index (χ3n) is 1.79. The van der Waals surface area contributed by atoms with E-state index in [1.165, 1.54) is 6.33 Å². The van der Waals surface area contributed by atoms with Crippen LogP contribution in [0, 0.1) is 6.08 Å². The largest absolute Gasteiger partial charge is 0.382 e. The number of anilines is 1. The molecule has 0 radical (unpaired) electrons. The van der Waals surface area contributed by atoms with E-state index in [9.17, 15) is 4.39 Å². The van der Waals surface area contributed by atoms with Gasteiger partial charge < -0.3 is 10.3 Å². The Morgan fingerprint density at radius 2 is 2.36 bits per heavy atom. The lowest BCUT2D eigenvalue weighted by molar-refractivity contribution is 0.544. The zero-order valence-corrected chi connectivity index (χ0v) is 7.31. The van der Waals surface area contributed by atoms with Gasteiger partial charge >= 0.3 is 6.08 Å². The number of nitrogen functional groups attached to an aromatic ring is 1. The Kier molecular flexibility index (Phi) is 1.88. The van der Waals surface area contributed by atoms with Crippen LogP contribution in [-0.4, -0.2) is 19.5 Å². The molecule has 0 amide bonds. The predicted molar refractivity (Wildman–Crippen MR) is 49.9 cm³/mol. The van der Waals surface area contributed by atoms with Gasteiger partial charge in [0.15, 0.2) is 11.5 Å². The van der Waals surface area contributed by atoms with E-state index in [1.54, 1.807) is 10.6 Å². The molecule has 72 valence electrons. The summed E-state index contributed by atoms with van der Waals surface area (Å²) in [6.07, 6.45) is 2.34. The van der Waals surface area contributed by atoms with Crippen molar-refractivity contribution < 1.29 is 4.39 Å². The normalized spacial score (nSPS) is 10.6. The molecule has 0 bridgehead atoms. The number of rotatable bonds is 2. The van der Waals surface area contributed by atoms with E-state index in [4.69, 9.17) is 5.73 Å². The molecule has 0 saturated heterocycles. The SMILES string of the molecule is C=CCn1cnc2c(N)nc(F)nc21. The monoisotopic (exact) mass is 193 g/mol. The number of aromatic nitrogens is 4. The van der Waals surface area contributed by atoms with Gasteiger partial charge in [0, 0.05) is 6.54 Å². The van der Waals surface area contributed by atoms with Crippen molar-refractivity contribution >= 4 is 17.0 Å². The Hall–Kier alpha value is -1.98. The molecule has 0 fully saturated rings. The first-order valence-corrected chi connectivity index (χ1v) is 3.97. The van der Waals surface area contributed by atoms with Gasteiger partial charge in [0.2, 0.25) is 0 Å². The third-order valence-corrected chi connectivity index (χ3v) is 1.79. The van der Waals surface area contributed by atoms with Crippen molar-refractivity contribution in [1.82, 2.24) is 19.5 Å². The highest BCUT2D eigenvalue weighted by Gasteiger charge is 2.09. The van der Waals surface area contributed by atoms with Crippen molar-refractivity contribution in [2.45, 2.75) is 6.54 Å². The number of nitrogens with zero attached hydrogens (tertiary/aromatic N) is 4. The fourth-order valence-corrected chi connectivity index (χ4v) is 1.21. The van der Waals surface area contributed by atoms with Gasteiger partial charge in [-0.15, -0.1) is 6.58 Å². The second kappa shape index (κ2) is 3.06. The van der Waals surface area contributed by atoms with Gasteiger partial charge in [-0.05, 0) is 0 Å². The first-order chi connectivity index (χ1) is 6.72. The van der Waals surface area contributed by atoms with Crippen LogP contribution < -0.4 is 5.73 Å². The Labute approximate surface area is 79.1 Å². The lowest BCUT2D eigenvalue weighted by atomic mass is 10.5. The summed E-state index contributed by atoms with van der Waals surface area (Å²) < 4.78 is 14.5. The molecule has 0 aliphatic heterocycles. The van der Waals surface area contributed by atoms with Crippen molar-refractivity contribution in [2.75, 3.05) is 5.73 Å². The average molecular weight is 193 g/mol. The summed E-state index contributed by atoms with van der Waals surface area (Å²) in [5, 5.41) is 0. The Balaban J connectivity index is 2.71. The lowest BCUT2D eigenvalue weighted by Crippen LogP contribution is -2.01. The minimum Gasteiger partial charge on any atom is -0.382 e. The highest BCUT2D eigenvalue weighted by atomic mass is 19.1. The topological polar surface area (TPSA) is 69.6 Å². The molecular formula is C8H8FN5. The highest BCUT2D eigenvalue weighted by molar-refractivity contribution is 5.81. The number of imidazole rings is 1. The van der Waals surface area contributed by atoms with Crippen LogP contribution in [0.3, 0.4) is 0 Å². The quantitative estimate of drug-likeness (QED) is 0.564. The molecule has 0 aliphatic rings. The summed E-state index contributed by atoms with van der Waals surface area (Å²) >= 11 is 0. The summed E-state index contributed by atoms with van der Waals surface area (Å²) in [7, 11) is 0. The van der Waals surface area contributed by atoms with Crippen LogP contribution in [0.2, 0.25) is 0 Å². The standard InChI is InChI=1S/C8H8FN5/c1-2-3-14-4-11-5-6(10)12-8(9)13-7(5)14/h2,4H,1,3H2,(H2,10,12,13). The molecule has 2 aromatic rings. The first kappa shape index (κ1) is 8.61. The van der Waals surface area contributed by atoms with Gasteiger partial charge in [-0.1, -0.05) is 6.08 Å². The van der Waals surface area contributed by atoms with Crippen molar-refractivity contribution in [3.8, 4) is 0 Å². The van der Waals surface area contributed by atoms with Crippen LogP contribution in [-0.2, 0) is 6.54 Å². The van der Waals surface area contributed by atoms with E-state index in [1.807, 2.05) is 0 Å². The average Bonchev–Trinajstić information content (AvgIpc) is 2.49. The van der Waals surface area contributed by atoms with E-state index < -0.39 is 6.08 Å². The zero-order chi connectivity index (χ0) is 10.1. The van der Waals surface area contributed by atoms with E-state index >= 15 is 0 Å². The zero-order valence-electron chi connectivity index (χ0n) is 7.31. The van der Waals surface area contributed by atoms with Crippen molar-refractivity contribution in [1.29, 1.82) is 0 Å². The maximum Gasteiger partial charge on any atom is 0.312 e. The van der Waals surface area contributed by atoms with Gasteiger partial charge in [0.25, 0.3) is 0 Å². The van der Waals surface area contributed by atoms with Gasteiger partial charge in [-0.2, -0.15) is 14.4 Å². The number of fused-ring (bicyclic) bond motifs is 1. The first-order valence-electron chi connectivity index (χ1n) is 3.97. The summed E-state index contributed by atoms with van der Waals surface area (Å²) in [6.45, 7) is 4.08. The molecule has 14 heavy (non-hydrogen) atoms. The minimum atomic E-state index is -0.846. The Morgan fingerprint density at radius 1 is 1.57 bits per heavy atom. The van der Waals surface area contributed by atoms with Crippen LogP contribution in [0.5, 0.6) is 0 Å². The van der Waals surface area contributed by atoms with Crippen LogP contribution in [0.15, 0.2) is 19.0 Å². The molecule has 0 saturated carbocycles. The molecule has 5 nitrogen and oxygen atoms in total. The third kappa shape index (κ3) is 1.20. The summed E-state index contributed by atoms with van der Waals surface area (Å²) in [5.41, 5.74) is 6.27. The maximum atomic E-state index is 12.8. The number of allylic oxidation sites excluding steroid dienone is 1. The fraction of sp³-hybridized carbons (Fsp3) is 0.125. The molecule has 2 heterocycles. The molecule has 6 heteroatoms. The van der Waals surface area contributed by atoms with Crippen molar-refractivity contribution in [3.05, 3.63) is 25.1 Å². The molecule has 0 aliphatic carbocycles. The predicted octanol–water partition coefficient (Wildman–Crippen LogP) is 0.734. The fourth-order valence-electron chi connectivity index (χ4n) is 1.21. The highest BCUT2D eigenvalue weighted by Crippen LogP contribution is 2.15. The second-order valence-electron chi connectivity index (χ2n) is 2.74. The summed E-state index contributed by atoms with van der Waals surface area (Å²) in [4.78, 5) is 11.0. The maximum absolute atomic E-state index is 12.8. The molecule has 0 atom stereocenters.